The molecule has 4 heterocycles. The number of fused-ring (bicyclic) bond motifs is 2. The molecule has 6 nitrogen and oxygen atoms in total. The lowest BCUT2D eigenvalue weighted by atomic mass is 10.0. The summed E-state index contributed by atoms with van der Waals surface area (Å²) in [5, 5.41) is 4.52. The van der Waals surface area contributed by atoms with Crippen molar-refractivity contribution in [2.24, 2.45) is 0 Å². The van der Waals surface area contributed by atoms with E-state index in [-0.39, 0.29) is 5.82 Å². The van der Waals surface area contributed by atoms with Crippen molar-refractivity contribution in [1.29, 1.82) is 0 Å². The van der Waals surface area contributed by atoms with Crippen LogP contribution >= 0.6 is 0 Å². The van der Waals surface area contributed by atoms with E-state index in [0.717, 1.165) is 71.1 Å². The first-order chi connectivity index (χ1) is 15.3. The van der Waals surface area contributed by atoms with Crippen molar-refractivity contribution in [1.82, 2.24) is 24.7 Å². The standard InChI is InChI=1S/C24H21FN6/c25-19-4-1-16(2-5-19)21-22(18-3-6-20-17(15-18)7-8-27-20)31-14-11-28-23(24(31)29-21)30-12-9-26-10-13-30/h1-8,11,14-15,26-27H,9-10,12-13H2. The lowest BCUT2D eigenvalue weighted by molar-refractivity contribution is 0.585. The fourth-order valence-corrected chi connectivity index (χ4v) is 4.35. The Bertz CT molecular complexity index is 1380. The summed E-state index contributed by atoms with van der Waals surface area (Å²) in [6.45, 7) is 3.61. The Morgan fingerprint density at radius 3 is 2.58 bits per heavy atom. The van der Waals surface area contributed by atoms with E-state index in [9.17, 15) is 4.39 Å². The van der Waals surface area contributed by atoms with Crippen LogP contribution in [-0.4, -0.2) is 45.5 Å². The maximum Gasteiger partial charge on any atom is 0.181 e. The Morgan fingerprint density at radius 1 is 0.935 bits per heavy atom. The van der Waals surface area contributed by atoms with Crippen LogP contribution in [0.1, 0.15) is 0 Å². The third-order valence-corrected chi connectivity index (χ3v) is 5.88. The maximum atomic E-state index is 13.6. The average molecular weight is 412 g/mol. The van der Waals surface area contributed by atoms with Gasteiger partial charge in [-0.05, 0) is 42.5 Å². The van der Waals surface area contributed by atoms with Gasteiger partial charge in [0.2, 0.25) is 0 Å². The van der Waals surface area contributed by atoms with E-state index >= 15 is 0 Å². The Kier molecular flexibility index (Phi) is 4.21. The molecule has 3 aromatic heterocycles. The van der Waals surface area contributed by atoms with Crippen molar-refractivity contribution in [2.45, 2.75) is 0 Å². The molecule has 31 heavy (non-hydrogen) atoms. The number of aromatic nitrogens is 4. The molecule has 0 unspecified atom stereocenters. The van der Waals surface area contributed by atoms with E-state index in [2.05, 4.69) is 48.9 Å². The van der Waals surface area contributed by atoms with Crippen LogP contribution in [0, 0.1) is 5.82 Å². The van der Waals surface area contributed by atoms with Gasteiger partial charge in [0.15, 0.2) is 11.5 Å². The molecule has 154 valence electrons. The van der Waals surface area contributed by atoms with Crippen molar-refractivity contribution in [3.63, 3.8) is 0 Å². The van der Waals surface area contributed by atoms with Gasteiger partial charge in [0.1, 0.15) is 5.82 Å². The van der Waals surface area contributed by atoms with Crippen LogP contribution in [0.3, 0.4) is 0 Å². The molecule has 2 aromatic carbocycles. The van der Waals surface area contributed by atoms with E-state index in [1.54, 1.807) is 12.1 Å². The molecule has 1 fully saturated rings. The number of nitrogens with zero attached hydrogens (tertiary/aromatic N) is 4. The summed E-state index contributed by atoms with van der Waals surface area (Å²) in [6, 6.07) is 14.9. The van der Waals surface area contributed by atoms with Crippen LogP contribution in [-0.2, 0) is 0 Å². The number of hydrogen-bond acceptors (Lipinski definition) is 4. The first kappa shape index (κ1) is 18.1. The van der Waals surface area contributed by atoms with Crippen molar-refractivity contribution in [3.05, 3.63) is 72.9 Å². The quantitative estimate of drug-likeness (QED) is 0.469. The zero-order chi connectivity index (χ0) is 20.8. The Balaban J connectivity index is 1.62. The van der Waals surface area contributed by atoms with Gasteiger partial charge in [-0.3, -0.25) is 4.40 Å². The monoisotopic (exact) mass is 412 g/mol. The van der Waals surface area contributed by atoms with E-state index in [1.807, 2.05) is 18.6 Å². The molecule has 0 bridgehead atoms. The summed E-state index contributed by atoms with van der Waals surface area (Å²) in [4.78, 5) is 15.2. The van der Waals surface area contributed by atoms with E-state index < -0.39 is 0 Å². The third kappa shape index (κ3) is 3.05. The van der Waals surface area contributed by atoms with Crippen molar-refractivity contribution in [2.75, 3.05) is 31.1 Å². The predicted molar refractivity (Wildman–Crippen MR) is 121 cm³/mol. The van der Waals surface area contributed by atoms with Crippen molar-refractivity contribution < 1.29 is 4.39 Å². The topological polar surface area (TPSA) is 61.3 Å². The average Bonchev–Trinajstić information content (AvgIpc) is 3.44. The number of halogens is 1. The van der Waals surface area contributed by atoms with Crippen LogP contribution < -0.4 is 10.2 Å². The molecule has 1 aliphatic rings. The van der Waals surface area contributed by atoms with Gasteiger partial charge >= 0.3 is 0 Å². The minimum Gasteiger partial charge on any atom is -0.361 e. The molecule has 7 heteroatoms. The zero-order valence-electron chi connectivity index (χ0n) is 16.8. The molecule has 0 atom stereocenters. The molecule has 0 amide bonds. The second kappa shape index (κ2) is 7.21. The molecule has 0 saturated carbocycles. The van der Waals surface area contributed by atoms with E-state index in [4.69, 9.17) is 4.98 Å². The van der Waals surface area contributed by atoms with Crippen molar-refractivity contribution in [3.8, 4) is 22.5 Å². The molecule has 1 aliphatic heterocycles. The number of nitrogens with one attached hydrogen (secondary N) is 2. The van der Waals surface area contributed by atoms with Gasteiger partial charge in [-0.1, -0.05) is 6.07 Å². The van der Waals surface area contributed by atoms with E-state index in [1.165, 1.54) is 12.1 Å². The van der Waals surface area contributed by atoms with Gasteiger partial charge in [0, 0.05) is 66.8 Å². The number of H-pyrrole nitrogens is 1. The largest absolute Gasteiger partial charge is 0.361 e. The van der Waals surface area contributed by atoms with Crippen LogP contribution in [0.5, 0.6) is 0 Å². The lowest BCUT2D eigenvalue weighted by Gasteiger charge is -2.28. The lowest BCUT2D eigenvalue weighted by Crippen LogP contribution is -2.44. The number of imidazole rings is 1. The molecule has 0 aliphatic carbocycles. The number of benzene rings is 2. The number of hydrogen-bond donors (Lipinski definition) is 2. The molecular formula is C24H21FN6. The van der Waals surface area contributed by atoms with Gasteiger partial charge in [0.25, 0.3) is 0 Å². The fourth-order valence-electron chi connectivity index (χ4n) is 4.35. The van der Waals surface area contributed by atoms with Gasteiger partial charge in [-0.25, -0.2) is 14.4 Å². The number of anilines is 1. The molecule has 6 rings (SSSR count). The normalized spacial score (nSPS) is 14.5. The first-order valence-electron chi connectivity index (χ1n) is 10.4. The van der Waals surface area contributed by atoms with Crippen LogP contribution in [0.4, 0.5) is 10.2 Å². The summed E-state index contributed by atoms with van der Waals surface area (Å²) in [5.74, 6) is 0.618. The Labute approximate surface area is 178 Å². The molecular weight excluding hydrogens is 391 g/mol. The predicted octanol–water partition coefficient (Wildman–Crippen LogP) is 4.09. The molecule has 1 saturated heterocycles. The highest BCUT2D eigenvalue weighted by Gasteiger charge is 2.22. The fraction of sp³-hybridized carbons (Fsp3) is 0.167. The summed E-state index contributed by atoms with van der Waals surface area (Å²) in [5.41, 5.74) is 5.62. The molecule has 0 spiro atoms. The summed E-state index contributed by atoms with van der Waals surface area (Å²) in [7, 11) is 0. The van der Waals surface area contributed by atoms with Crippen LogP contribution in [0.2, 0.25) is 0 Å². The minimum atomic E-state index is -0.258. The van der Waals surface area contributed by atoms with Gasteiger partial charge in [-0.2, -0.15) is 0 Å². The number of piperazine rings is 1. The molecule has 2 N–H and O–H groups in total. The highest BCUT2D eigenvalue weighted by Crippen LogP contribution is 2.36. The van der Waals surface area contributed by atoms with E-state index in [0.29, 0.717) is 0 Å². The first-order valence-corrected chi connectivity index (χ1v) is 10.4. The second-order valence-electron chi connectivity index (χ2n) is 7.78. The maximum absolute atomic E-state index is 13.6. The number of aromatic amines is 1. The third-order valence-electron chi connectivity index (χ3n) is 5.88. The van der Waals surface area contributed by atoms with Crippen LogP contribution in [0.15, 0.2) is 67.1 Å². The second-order valence-corrected chi connectivity index (χ2v) is 7.78. The van der Waals surface area contributed by atoms with Gasteiger partial charge < -0.3 is 15.2 Å². The summed E-state index contributed by atoms with van der Waals surface area (Å²) in [6.07, 6.45) is 5.73. The van der Waals surface area contributed by atoms with Gasteiger partial charge in [-0.15, -0.1) is 0 Å². The smallest absolute Gasteiger partial charge is 0.181 e. The SMILES string of the molecule is Fc1ccc(-c2nc3c(N4CCNCC4)nccn3c2-c2ccc3[nH]ccc3c2)cc1. The summed E-state index contributed by atoms with van der Waals surface area (Å²) < 4.78 is 15.7. The van der Waals surface area contributed by atoms with Crippen molar-refractivity contribution >= 4 is 22.4 Å². The summed E-state index contributed by atoms with van der Waals surface area (Å²) >= 11 is 0. The number of rotatable bonds is 3. The highest BCUT2D eigenvalue weighted by atomic mass is 19.1. The highest BCUT2D eigenvalue weighted by molar-refractivity contribution is 5.90. The minimum absolute atomic E-state index is 0.258. The van der Waals surface area contributed by atoms with Crippen LogP contribution in [0.25, 0.3) is 39.1 Å². The Morgan fingerprint density at radius 2 is 1.74 bits per heavy atom. The zero-order valence-corrected chi connectivity index (χ0v) is 16.8. The molecule has 0 radical (unpaired) electrons. The Hall–Kier alpha value is -3.71. The molecule has 5 aromatic rings. The van der Waals surface area contributed by atoms with Gasteiger partial charge in [0.05, 0.1) is 11.4 Å².